The first-order chi connectivity index (χ1) is 7.63. The second-order valence-electron chi connectivity index (χ2n) is 3.73. The van der Waals surface area contributed by atoms with Gasteiger partial charge in [0.2, 0.25) is 0 Å². The lowest BCUT2D eigenvalue weighted by Gasteiger charge is -2.11. The number of carbonyl (C=O) groups is 1. The third-order valence-corrected chi connectivity index (χ3v) is 2.61. The van der Waals surface area contributed by atoms with Crippen LogP contribution in [0.5, 0.6) is 5.75 Å². The van der Waals surface area contributed by atoms with Crippen molar-refractivity contribution < 1.29 is 9.53 Å². The number of hydrogen-bond acceptors (Lipinski definition) is 3. The van der Waals surface area contributed by atoms with E-state index in [-0.39, 0.29) is 5.78 Å². The molecule has 1 rings (SSSR count). The zero-order valence-electron chi connectivity index (χ0n) is 9.57. The number of halogens is 1. The Morgan fingerprint density at radius 1 is 1.31 bits per heavy atom. The van der Waals surface area contributed by atoms with Crippen molar-refractivity contribution >= 4 is 21.7 Å². The number of carbonyl (C=O) groups excluding carboxylic acids is 1. The third-order valence-electron chi connectivity index (χ3n) is 2.10. The molecule has 3 nitrogen and oxygen atoms in total. The third kappa shape index (κ3) is 4.33. The first-order valence-electron chi connectivity index (χ1n) is 5.10. The van der Waals surface area contributed by atoms with Crippen LogP contribution in [-0.4, -0.2) is 43.3 Å². The van der Waals surface area contributed by atoms with Gasteiger partial charge in [0, 0.05) is 12.1 Å². The van der Waals surface area contributed by atoms with Gasteiger partial charge in [-0.25, -0.2) is 0 Å². The SMILES string of the molecule is CN(C)CCOc1ccc(C(=O)CBr)cc1. The summed E-state index contributed by atoms with van der Waals surface area (Å²) in [5, 5.41) is 0.355. The van der Waals surface area contributed by atoms with Crippen molar-refractivity contribution in [3.05, 3.63) is 29.8 Å². The normalized spacial score (nSPS) is 10.5. The fraction of sp³-hybridized carbons (Fsp3) is 0.417. The van der Waals surface area contributed by atoms with Gasteiger partial charge in [0.15, 0.2) is 5.78 Å². The molecule has 0 aliphatic rings. The van der Waals surface area contributed by atoms with E-state index in [1.165, 1.54) is 0 Å². The molecule has 4 heteroatoms. The predicted octanol–water partition coefficient (Wildman–Crippen LogP) is 2.20. The Kier molecular flexibility index (Phi) is 5.49. The molecule has 0 amide bonds. The van der Waals surface area contributed by atoms with Crippen LogP contribution in [-0.2, 0) is 0 Å². The number of Topliss-reactive ketones (excluding diaryl/α,β-unsaturated/α-hetero) is 1. The van der Waals surface area contributed by atoms with Gasteiger partial charge in [-0.1, -0.05) is 15.9 Å². The van der Waals surface area contributed by atoms with E-state index in [0.29, 0.717) is 17.5 Å². The predicted molar refractivity (Wildman–Crippen MR) is 68.6 cm³/mol. The minimum absolute atomic E-state index is 0.0832. The van der Waals surface area contributed by atoms with E-state index in [1.807, 2.05) is 26.2 Å². The molecular weight excluding hydrogens is 270 g/mol. The quantitative estimate of drug-likeness (QED) is 0.593. The summed E-state index contributed by atoms with van der Waals surface area (Å²) in [6, 6.07) is 7.22. The molecule has 0 aliphatic heterocycles. The van der Waals surface area contributed by atoms with Crippen LogP contribution in [0.1, 0.15) is 10.4 Å². The lowest BCUT2D eigenvalue weighted by Crippen LogP contribution is -2.19. The van der Waals surface area contributed by atoms with Gasteiger partial charge in [0.25, 0.3) is 0 Å². The average molecular weight is 286 g/mol. The fourth-order valence-corrected chi connectivity index (χ4v) is 1.48. The summed E-state index contributed by atoms with van der Waals surface area (Å²) in [5.41, 5.74) is 0.705. The van der Waals surface area contributed by atoms with E-state index in [4.69, 9.17) is 4.74 Å². The van der Waals surface area contributed by atoms with Gasteiger partial charge in [-0.2, -0.15) is 0 Å². The number of nitrogens with zero attached hydrogens (tertiary/aromatic N) is 1. The van der Waals surface area contributed by atoms with Crippen LogP contribution >= 0.6 is 15.9 Å². The largest absolute Gasteiger partial charge is 0.492 e. The van der Waals surface area contributed by atoms with E-state index in [9.17, 15) is 4.79 Å². The summed E-state index contributed by atoms with van der Waals surface area (Å²) in [6.07, 6.45) is 0. The van der Waals surface area contributed by atoms with Crippen LogP contribution in [0.15, 0.2) is 24.3 Å². The van der Waals surface area contributed by atoms with Crippen LogP contribution in [0.25, 0.3) is 0 Å². The van der Waals surface area contributed by atoms with Crippen molar-refractivity contribution in [3.8, 4) is 5.75 Å². The Morgan fingerprint density at radius 2 is 1.94 bits per heavy atom. The molecule has 0 heterocycles. The molecule has 0 aliphatic carbocycles. The molecule has 0 N–H and O–H groups in total. The Labute approximate surface area is 105 Å². The molecule has 0 fully saturated rings. The summed E-state index contributed by atoms with van der Waals surface area (Å²) < 4.78 is 5.52. The fourth-order valence-electron chi connectivity index (χ4n) is 1.16. The molecule has 0 saturated carbocycles. The molecule has 0 unspecified atom stereocenters. The van der Waals surface area contributed by atoms with E-state index in [1.54, 1.807) is 12.1 Å². The Hall–Kier alpha value is -0.870. The van der Waals surface area contributed by atoms with Crippen molar-refractivity contribution in [3.63, 3.8) is 0 Å². The zero-order chi connectivity index (χ0) is 12.0. The van der Waals surface area contributed by atoms with Crippen LogP contribution < -0.4 is 4.74 Å². The Balaban J connectivity index is 2.48. The van der Waals surface area contributed by atoms with Crippen molar-refractivity contribution in [1.82, 2.24) is 4.90 Å². The lowest BCUT2D eigenvalue weighted by molar-refractivity contribution is 0.102. The summed E-state index contributed by atoms with van der Waals surface area (Å²) >= 11 is 3.14. The number of alkyl halides is 1. The molecule has 0 saturated heterocycles. The molecule has 0 atom stereocenters. The van der Waals surface area contributed by atoms with Crippen molar-refractivity contribution in [1.29, 1.82) is 0 Å². The molecule has 0 bridgehead atoms. The minimum atomic E-state index is 0.0832. The first-order valence-corrected chi connectivity index (χ1v) is 6.22. The molecule has 0 radical (unpaired) electrons. The topological polar surface area (TPSA) is 29.5 Å². The number of ether oxygens (including phenoxy) is 1. The number of likely N-dealkylation sites (N-methyl/N-ethyl adjacent to an activating group) is 1. The monoisotopic (exact) mass is 285 g/mol. The number of ketones is 1. The second kappa shape index (κ2) is 6.66. The van der Waals surface area contributed by atoms with E-state index in [0.717, 1.165) is 12.3 Å². The van der Waals surface area contributed by atoms with E-state index < -0.39 is 0 Å². The molecule has 1 aromatic carbocycles. The summed E-state index contributed by atoms with van der Waals surface area (Å²) in [4.78, 5) is 13.4. The van der Waals surface area contributed by atoms with E-state index in [2.05, 4.69) is 20.8 Å². The van der Waals surface area contributed by atoms with Crippen molar-refractivity contribution in [2.75, 3.05) is 32.6 Å². The van der Waals surface area contributed by atoms with Crippen LogP contribution in [0.4, 0.5) is 0 Å². The molecule has 88 valence electrons. The molecule has 1 aromatic rings. The second-order valence-corrected chi connectivity index (χ2v) is 4.29. The first kappa shape index (κ1) is 13.2. The smallest absolute Gasteiger partial charge is 0.173 e. The van der Waals surface area contributed by atoms with Crippen molar-refractivity contribution in [2.45, 2.75) is 0 Å². The summed E-state index contributed by atoms with van der Waals surface area (Å²) in [6.45, 7) is 1.53. The van der Waals surface area contributed by atoms with Gasteiger partial charge < -0.3 is 9.64 Å². The maximum atomic E-state index is 11.3. The molecule has 16 heavy (non-hydrogen) atoms. The number of hydrogen-bond donors (Lipinski definition) is 0. The maximum Gasteiger partial charge on any atom is 0.173 e. The number of rotatable bonds is 6. The average Bonchev–Trinajstić information content (AvgIpc) is 2.28. The standard InChI is InChI=1S/C12H16BrNO2/c1-14(2)7-8-16-11-5-3-10(4-6-11)12(15)9-13/h3-6H,7-9H2,1-2H3. The molecule has 0 spiro atoms. The molecule has 0 aromatic heterocycles. The van der Waals surface area contributed by atoms with Gasteiger partial charge in [0.05, 0.1) is 5.33 Å². The van der Waals surface area contributed by atoms with Gasteiger partial charge in [0.1, 0.15) is 12.4 Å². The maximum absolute atomic E-state index is 11.3. The summed E-state index contributed by atoms with van der Waals surface area (Å²) in [7, 11) is 4.00. The van der Waals surface area contributed by atoms with Gasteiger partial charge in [-0.15, -0.1) is 0 Å². The zero-order valence-corrected chi connectivity index (χ0v) is 11.2. The highest BCUT2D eigenvalue weighted by Crippen LogP contribution is 2.13. The van der Waals surface area contributed by atoms with Crippen molar-refractivity contribution in [2.24, 2.45) is 0 Å². The Morgan fingerprint density at radius 3 is 2.44 bits per heavy atom. The highest BCUT2D eigenvalue weighted by atomic mass is 79.9. The van der Waals surface area contributed by atoms with E-state index >= 15 is 0 Å². The summed E-state index contributed by atoms with van der Waals surface area (Å²) in [5.74, 6) is 0.882. The van der Waals surface area contributed by atoms with Gasteiger partial charge in [-0.3, -0.25) is 4.79 Å². The Bertz CT molecular complexity index is 335. The lowest BCUT2D eigenvalue weighted by atomic mass is 10.1. The highest BCUT2D eigenvalue weighted by Gasteiger charge is 2.03. The van der Waals surface area contributed by atoms with Gasteiger partial charge in [-0.05, 0) is 38.4 Å². The number of benzene rings is 1. The van der Waals surface area contributed by atoms with Gasteiger partial charge >= 0.3 is 0 Å². The minimum Gasteiger partial charge on any atom is -0.492 e. The van der Waals surface area contributed by atoms with Crippen LogP contribution in [0.2, 0.25) is 0 Å². The molecular formula is C12H16BrNO2. The van der Waals surface area contributed by atoms with Crippen LogP contribution in [0.3, 0.4) is 0 Å². The highest BCUT2D eigenvalue weighted by molar-refractivity contribution is 9.09. The van der Waals surface area contributed by atoms with Crippen LogP contribution in [0, 0.1) is 0 Å².